The van der Waals surface area contributed by atoms with E-state index in [0.717, 1.165) is 68.9 Å². The highest BCUT2D eigenvalue weighted by Gasteiger charge is 2.33. The maximum atomic E-state index is 12.9. The summed E-state index contributed by atoms with van der Waals surface area (Å²) in [5.74, 6) is 1.03. The van der Waals surface area contributed by atoms with Crippen LogP contribution in [0.25, 0.3) is 0 Å². The van der Waals surface area contributed by atoms with Crippen LogP contribution in [0.2, 0.25) is 0 Å². The molecule has 0 bridgehead atoms. The van der Waals surface area contributed by atoms with Gasteiger partial charge in [0.15, 0.2) is 0 Å². The van der Waals surface area contributed by atoms with Gasteiger partial charge in [-0.25, -0.2) is 9.78 Å². The highest BCUT2D eigenvalue weighted by Crippen LogP contribution is 2.27. The van der Waals surface area contributed by atoms with Gasteiger partial charge in [-0.15, -0.1) is 0 Å². The van der Waals surface area contributed by atoms with Crippen molar-refractivity contribution in [3.05, 3.63) is 57.6 Å². The second kappa shape index (κ2) is 8.68. The number of aromatic nitrogens is 2. The zero-order valence-corrected chi connectivity index (χ0v) is 17.0. The van der Waals surface area contributed by atoms with E-state index in [-0.39, 0.29) is 17.6 Å². The minimum Gasteiger partial charge on any atom is -0.370 e. The van der Waals surface area contributed by atoms with Gasteiger partial charge in [0, 0.05) is 44.1 Å². The quantitative estimate of drug-likeness (QED) is 0.755. The fraction of sp³-hybridized carbons (Fsp3) is 0.500. The van der Waals surface area contributed by atoms with Gasteiger partial charge in [-0.1, -0.05) is 19.1 Å². The third-order valence-corrected chi connectivity index (χ3v) is 5.90. The molecule has 2 aromatic rings. The number of fused-ring (bicyclic) bond motifs is 1. The van der Waals surface area contributed by atoms with Crippen molar-refractivity contribution in [2.24, 2.45) is 0 Å². The molecule has 4 rings (SSSR count). The first-order chi connectivity index (χ1) is 14.2. The standard InChI is InChI=1S/C22H29N5O2/c1-2-19(17-8-10-20(28)24-15-17)27-14-13-26(22(27)29)12-4-6-18-9-7-16-5-3-11-23-21(16)25-18/h7-10,15,19H,2-6,11-14H2,1H3,(H,23,25)(H,24,28)/t19-/m0/s1. The van der Waals surface area contributed by atoms with Crippen molar-refractivity contribution in [2.45, 2.75) is 45.1 Å². The summed E-state index contributed by atoms with van der Waals surface area (Å²) in [5, 5.41) is 3.38. The Bertz CT molecular complexity index is 905. The summed E-state index contributed by atoms with van der Waals surface area (Å²) in [6, 6.07) is 7.73. The Hall–Kier alpha value is -2.83. The van der Waals surface area contributed by atoms with E-state index in [9.17, 15) is 9.59 Å². The Morgan fingerprint density at radius 3 is 2.86 bits per heavy atom. The molecule has 0 aliphatic carbocycles. The normalized spacial score (nSPS) is 17.2. The van der Waals surface area contributed by atoms with Crippen molar-refractivity contribution in [1.29, 1.82) is 0 Å². The molecule has 29 heavy (non-hydrogen) atoms. The summed E-state index contributed by atoms with van der Waals surface area (Å²) in [6.07, 6.45) is 6.58. The lowest BCUT2D eigenvalue weighted by molar-refractivity contribution is 0.175. The second-order valence-corrected chi connectivity index (χ2v) is 7.82. The van der Waals surface area contributed by atoms with Gasteiger partial charge in [0.05, 0.1) is 6.04 Å². The van der Waals surface area contributed by atoms with Gasteiger partial charge in [0.2, 0.25) is 5.56 Å². The van der Waals surface area contributed by atoms with E-state index >= 15 is 0 Å². The zero-order chi connectivity index (χ0) is 20.2. The molecule has 1 saturated heterocycles. The van der Waals surface area contributed by atoms with Gasteiger partial charge < -0.3 is 20.1 Å². The molecule has 154 valence electrons. The van der Waals surface area contributed by atoms with Crippen molar-refractivity contribution in [2.75, 3.05) is 31.5 Å². The Morgan fingerprint density at radius 1 is 1.17 bits per heavy atom. The molecule has 2 aliphatic rings. The number of rotatable bonds is 7. The molecular formula is C22H29N5O2. The summed E-state index contributed by atoms with van der Waals surface area (Å²) < 4.78 is 0. The van der Waals surface area contributed by atoms with Crippen molar-refractivity contribution in [1.82, 2.24) is 19.8 Å². The SMILES string of the molecule is CC[C@@H](c1ccc(=O)[nH]c1)N1CCN(CCCc2ccc3c(n2)NCCC3)C1=O. The molecule has 2 N–H and O–H groups in total. The molecule has 2 aromatic heterocycles. The van der Waals surface area contributed by atoms with E-state index in [1.54, 1.807) is 6.20 Å². The molecular weight excluding hydrogens is 366 g/mol. The van der Waals surface area contributed by atoms with Gasteiger partial charge in [0.1, 0.15) is 5.82 Å². The van der Waals surface area contributed by atoms with Crippen LogP contribution in [0.3, 0.4) is 0 Å². The summed E-state index contributed by atoms with van der Waals surface area (Å²) in [6.45, 7) is 5.27. The van der Waals surface area contributed by atoms with Crippen molar-refractivity contribution < 1.29 is 4.79 Å². The number of pyridine rings is 2. The lowest BCUT2D eigenvalue weighted by Gasteiger charge is -2.27. The van der Waals surface area contributed by atoms with Crippen LogP contribution < -0.4 is 10.9 Å². The number of nitrogens with zero attached hydrogens (tertiary/aromatic N) is 3. The molecule has 4 heterocycles. The van der Waals surface area contributed by atoms with Crippen molar-refractivity contribution in [3.8, 4) is 0 Å². The van der Waals surface area contributed by atoms with E-state index in [0.29, 0.717) is 0 Å². The number of amides is 2. The van der Waals surface area contributed by atoms with Crippen LogP contribution >= 0.6 is 0 Å². The van der Waals surface area contributed by atoms with E-state index in [1.165, 1.54) is 18.1 Å². The molecule has 1 fully saturated rings. The smallest absolute Gasteiger partial charge is 0.320 e. The Morgan fingerprint density at radius 2 is 2.07 bits per heavy atom. The van der Waals surface area contributed by atoms with Gasteiger partial charge >= 0.3 is 6.03 Å². The number of aryl methyl sites for hydroxylation is 2. The monoisotopic (exact) mass is 395 g/mol. The first-order valence-corrected chi connectivity index (χ1v) is 10.6. The minimum absolute atomic E-state index is 0.00210. The topological polar surface area (TPSA) is 81.3 Å². The Balaban J connectivity index is 1.33. The molecule has 0 aromatic carbocycles. The fourth-order valence-corrected chi connectivity index (χ4v) is 4.32. The number of urea groups is 1. The van der Waals surface area contributed by atoms with E-state index < -0.39 is 0 Å². The number of anilines is 1. The number of nitrogens with one attached hydrogen (secondary N) is 2. The highest BCUT2D eigenvalue weighted by molar-refractivity contribution is 5.77. The largest absolute Gasteiger partial charge is 0.370 e. The molecule has 7 nitrogen and oxygen atoms in total. The average molecular weight is 396 g/mol. The maximum Gasteiger partial charge on any atom is 0.320 e. The molecule has 2 amide bonds. The highest BCUT2D eigenvalue weighted by atomic mass is 16.2. The van der Waals surface area contributed by atoms with Crippen LogP contribution in [0.1, 0.15) is 49.0 Å². The number of hydrogen-bond acceptors (Lipinski definition) is 4. The third kappa shape index (κ3) is 4.28. The van der Waals surface area contributed by atoms with Crippen LogP contribution in [0.15, 0.2) is 35.3 Å². The summed E-state index contributed by atoms with van der Waals surface area (Å²) in [4.78, 5) is 35.6. The summed E-state index contributed by atoms with van der Waals surface area (Å²) >= 11 is 0. The van der Waals surface area contributed by atoms with Crippen LogP contribution in [0, 0.1) is 0 Å². The molecule has 1 atom stereocenters. The van der Waals surface area contributed by atoms with Crippen LogP contribution in [-0.2, 0) is 12.8 Å². The first-order valence-electron chi connectivity index (χ1n) is 10.6. The first kappa shape index (κ1) is 19.5. The number of H-pyrrole nitrogens is 1. The zero-order valence-electron chi connectivity index (χ0n) is 17.0. The molecule has 0 unspecified atom stereocenters. The number of carbonyl (C=O) groups excluding carboxylic acids is 1. The van der Waals surface area contributed by atoms with E-state index in [1.807, 2.05) is 15.9 Å². The van der Waals surface area contributed by atoms with Crippen molar-refractivity contribution >= 4 is 11.8 Å². The third-order valence-electron chi connectivity index (χ3n) is 5.90. The molecule has 7 heteroatoms. The van der Waals surface area contributed by atoms with Gasteiger partial charge in [-0.3, -0.25) is 4.79 Å². The fourth-order valence-electron chi connectivity index (χ4n) is 4.32. The van der Waals surface area contributed by atoms with Crippen molar-refractivity contribution in [3.63, 3.8) is 0 Å². The van der Waals surface area contributed by atoms with Gasteiger partial charge in [-0.05, 0) is 49.3 Å². The Kier molecular flexibility index (Phi) is 5.83. The van der Waals surface area contributed by atoms with Gasteiger partial charge in [-0.2, -0.15) is 0 Å². The number of carbonyl (C=O) groups is 1. The Labute approximate surface area is 171 Å². The van der Waals surface area contributed by atoms with Gasteiger partial charge in [0.25, 0.3) is 0 Å². The summed E-state index contributed by atoms with van der Waals surface area (Å²) in [5.41, 5.74) is 3.25. The van der Waals surface area contributed by atoms with E-state index in [4.69, 9.17) is 4.98 Å². The lowest BCUT2D eigenvalue weighted by atomic mass is 10.1. The molecule has 0 saturated carbocycles. The average Bonchev–Trinajstić information content (AvgIpc) is 3.10. The van der Waals surface area contributed by atoms with E-state index in [2.05, 4.69) is 29.4 Å². The predicted octanol–water partition coefficient (Wildman–Crippen LogP) is 2.95. The van der Waals surface area contributed by atoms with Crippen LogP contribution in [0.5, 0.6) is 0 Å². The lowest BCUT2D eigenvalue weighted by Crippen LogP contribution is -2.35. The number of hydrogen-bond donors (Lipinski definition) is 2. The maximum absolute atomic E-state index is 12.9. The number of aromatic amines is 1. The molecule has 0 radical (unpaired) electrons. The summed E-state index contributed by atoms with van der Waals surface area (Å²) in [7, 11) is 0. The molecule has 0 spiro atoms. The van der Waals surface area contributed by atoms with Crippen LogP contribution in [-0.4, -0.2) is 52.0 Å². The predicted molar refractivity (Wildman–Crippen MR) is 113 cm³/mol. The second-order valence-electron chi connectivity index (χ2n) is 7.82. The minimum atomic E-state index is -0.121. The molecule has 2 aliphatic heterocycles. The van der Waals surface area contributed by atoms with Crippen LogP contribution in [0.4, 0.5) is 10.6 Å².